The van der Waals surface area contributed by atoms with Gasteiger partial charge in [-0.15, -0.1) is 0 Å². The molecule has 12 rings (SSSR count). The number of pyridine rings is 1. The van der Waals surface area contributed by atoms with Crippen molar-refractivity contribution < 1.29 is 0 Å². The van der Waals surface area contributed by atoms with Crippen LogP contribution in [0.5, 0.6) is 0 Å². The Morgan fingerprint density at radius 2 is 0.881 bits per heavy atom. The molecule has 1 aliphatic carbocycles. The topological polar surface area (TPSA) is 22.8 Å². The van der Waals surface area contributed by atoms with Gasteiger partial charge in [0.1, 0.15) is 0 Å². The summed E-state index contributed by atoms with van der Waals surface area (Å²) in [6.07, 6.45) is 0. The summed E-state index contributed by atoms with van der Waals surface area (Å²) in [5.41, 5.74) is 18.9. The molecular weight excluding hydrogens is 715 g/mol. The summed E-state index contributed by atoms with van der Waals surface area (Å²) in [6, 6.07) is 72.8. The standard InChI is InChI=1S/C56H39N3/c1-56(2)48-24-9-6-19-41(48)44-22-13-23-45(55(44)56)50-26-14-25-49(57-50)38-15-12-18-40(33-38)59-52-28-11-8-21-43(52)47-35-37(30-32-54(47)59)36-29-31-53-46(34-36)42-20-7-10-27-51(42)58(53)39-16-4-3-5-17-39/h3-35H,1-2H3. The van der Waals surface area contributed by atoms with Gasteiger partial charge >= 0.3 is 0 Å². The highest BCUT2D eigenvalue weighted by molar-refractivity contribution is 6.12. The minimum Gasteiger partial charge on any atom is -0.309 e. The van der Waals surface area contributed by atoms with Gasteiger partial charge in [0, 0.05) is 49.5 Å². The Balaban J connectivity index is 0.957. The maximum absolute atomic E-state index is 5.36. The van der Waals surface area contributed by atoms with Crippen molar-refractivity contribution in [2.45, 2.75) is 19.3 Å². The summed E-state index contributed by atoms with van der Waals surface area (Å²) >= 11 is 0. The summed E-state index contributed by atoms with van der Waals surface area (Å²) in [5, 5.41) is 4.98. The lowest BCUT2D eigenvalue weighted by Crippen LogP contribution is -2.16. The van der Waals surface area contributed by atoms with Crippen LogP contribution in [0.2, 0.25) is 0 Å². The molecule has 0 N–H and O–H groups in total. The monoisotopic (exact) mass is 753 g/mol. The molecule has 0 radical (unpaired) electrons. The maximum Gasteiger partial charge on any atom is 0.0712 e. The fraction of sp³-hybridized carbons (Fsp3) is 0.0536. The zero-order chi connectivity index (χ0) is 39.2. The quantitative estimate of drug-likeness (QED) is 0.172. The van der Waals surface area contributed by atoms with Gasteiger partial charge in [0.15, 0.2) is 0 Å². The van der Waals surface area contributed by atoms with Gasteiger partial charge in [-0.05, 0) is 106 Å². The first-order valence-electron chi connectivity index (χ1n) is 20.5. The zero-order valence-corrected chi connectivity index (χ0v) is 32.9. The van der Waals surface area contributed by atoms with Crippen LogP contribution in [0.15, 0.2) is 200 Å². The number of rotatable bonds is 5. The lowest BCUT2D eigenvalue weighted by molar-refractivity contribution is 0.662. The molecule has 278 valence electrons. The summed E-state index contributed by atoms with van der Waals surface area (Å²) in [6.45, 7) is 4.68. The molecule has 0 spiro atoms. The molecule has 0 fully saturated rings. The van der Waals surface area contributed by atoms with Gasteiger partial charge in [-0.1, -0.05) is 141 Å². The van der Waals surface area contributed by atoms with Crippen molar-refractivity contribution in [3.63, 3.8) is 0 Å². The van der Waals surface area contributed by atoms with E-state index in [1.54, 1.807) is 0 Å². The third-order valence-corrected chi connectivity index (χ3v) is 12.7. The van der Waals surface area contributed by atoms with E-state index in [0.29, 0.717) is 0 Å². The number of hydrogen-bond acceptors (Lipinski definition) is 1. The smallest absolute Gasteiger partial charge is 0.0712 e. The Morgan fingerprint density at radius 3 is 1.61 bits per heavy atom. The highest BCUT2D eigenvalue weighted by Crippen LogP contribution is 2.52. The number of fused-ring (bicyclic) bond motifs is 9. The van der Waals surface area contributed by atoms with Gasteiger partial charge < -0.3 is 9.13 Å². The molecular formula is C56H39N3. The van der Waals surface area contributed by atoms with Crippen LogP contribution in [-0.4, -0.2) is 14.1 Å². The van der Waals surface area contributed by atoms with Crippen LogP contribution in [0.4, 0.5) is 0 Å². The molecule has 0 saturated heterocycles. The van der Waals surface area contributed by atoms with Gasteiger partial charge in [-0.2, -0.15) is 0 Å². The van der Waals surface area contributed by atoms with E-state index in [1.165, 1.54) is 88.2 Å². The first kappa shape index (κ1) is 33.6. The van der Waals surface area contributed by atoms with E-state index in [4.69, 9.17) is 4.98 Å². The molecule has 0 bridgehead atoms. The minimum atomic E-state index is -0.119. The van der Waals surface area contributed by atoms with E-state index >= 15 is 0 Å². The zero-order valence-electron chi connectivity index (χ0n) is 32.9. The minimum absolute atomic E-state index is 0.119. The molecule has 0 saturated carbocycles. The van der Waals surface area contributed by atoms with Crippen LogP contribution in [0.1, 0.15) is 25.0 Å². The first-order chi connectivity index (χ1) is 29.0. The van der Waals surface area contributed by atoms with Crippen LogP contribution in [0.25, 0.3) is 99.8 Å². The highest BCUT2D eigenvalue weighted by atomic mass is 15.0. The summed E-state index contributed by atoms with van der Waals surface area (Å²) in [7, 11) is 0. The third-order valence-electron chi connectivity index (χ3n) is 12.7. The number of para-hydroxylation sites is 3. The van der Waals surface area contributed by atoms with Crippen LogP contribution in [0, 0.1) is 0 Å². The Labute approximate surface area is 343 Å². The average molecular weight is 754 g/mol. The van der Waals surface area contributed by atoms with Crippen LogP contribution >= 0.6 is 0 Å². The number of aromatic nitrogens is 3. The Morgan fingerprint density at radius 1 is 0.356 bits per heavy atom. The van der Waals surface area contributed by atoms with E-state index in [1.807, 2.05) is 0 Å². The van der Waals surface area contributed by atoms with Crippen LogP contribution in [-0.2, 0) is 5.41 Å². The van der Waals surface area contributed by atoms with Gasteiger partial charge in [-0.3, -0.25) is 0 Å². The predicted octanol–water partition coefficient (Wildman–Crippen LogP) is 14.6. The largest absolute Gasteiger partial charge is 0.309 e. The lowest BCUT2D eigenvalue weighted by Gasteiger charge is -2.24. The molecule has 8 aromatic carbocycles. The van der Waals surface area contributed by atoms with Gasteiger partial charge in [-0.25, -0.2) is 4.98 Å². The van der Waals surface area contributed by atoms with Crippen molar-refractivity contribution in [2.24, 2.45) is 0 Å². The van der Waals surface area contributed by atoms with Crippen molar-refractivity contribution in [2.75, 3.05) is 0 Å². The number of nitrogens with zero attached hydrogens (tertiary/aromatic N) is 3. The molecule has 59 heavy (non-hydrogen) atoms. The fourth-order valence-corrected chi connectivity index (χ4v) is 10.0. The SMILES string of the molecule is CC1(C)c2ccccc2-c2cccc(-c3cccc(-c4cccc(-n5c6ccccc6c6cc(-c7ccc8c(c7)c7ccccc7n8-c7ccccc7)ccc65)c4)n3)c21. The van der Waals surface area contributed by atoms with Crippen molar-refractivity contribution >= 4 is 43.6 Å². The van der Waals surface area contributed by atoms with Crippen LogP contribution < -0.4 is 0 Å². The molecule has 3 aromatic heterocycles. The lowest BCUT2D eigenvalue weighted by atomic mass is 9.79. The second-order valence-electron chi connectivity index (χ2n) is 16.4. The second kappa shape index (κ2) is 12.8. The van der Waals surface area contributed by atoms with E-state index in [9.17, 15) is 0 Å². The molecule has 11 aromatic rings. The second-order valence-corrected chi connectivity index (χ2v) is 16.4. The average Bonchev–Trinajstić information content (AvgIpc) is 3.89. The molecule has 3 heterocycles. The summed E-state index contributed by atoms with van der Waals surface area (Å²) in [5.74, 6) is 0. The Kier molecular flexibility index (Phi) is 7.27. The predicted molar refractivity (Wildman–Crippen MR) is 247 cm³/mol. The summed E-state index contributed by atoms with van der Waals surface area (Å²) in [4.78, 5) is 5.36. The van der Waals surface area contributed by atoms with E-state index in [-0.39, 0.29) is 5.41 Å². The maximum atomic E-state index is 5.36. The van der Waals surface area contributed by atoms with Gasteiger partial charge in [0.05, 0.1) is 33.5 Å². The van der Waals surface area contributed by atoms with Crippen molar-refractivity contribution in [1.82, 2.24) is 14.1 Å². The molecule has 0 aliphatic heterocycles. The van der Waals surface area contributed by atoms with E-state index in [2.05, 4.69) is 223 Å². The number of benzene rings is 8. The van der Waals surface area contributed by atoms with E-state index < -0.39 is 0 Å². The van der Waals surface area contributed by atoms with Crippen molar-refractivity contribution in [3.8, 4) is 56.1 Å². The molecule has 0 atom stereocenters. The summed E-state index contributed by atoms with van der Waals surface area (Å²) < 4.78 is 4.78. The van der Waals surface area contributed by atoms with Crippen molar-refractivity contribution in [3.05, 3.63) is 211 Å². The van der Waals surface area contributed by atoms with E-state index in [0.717, 1.165) is 22.6 Å². The van der Waals surface area contributed by atoms with Gasteiger partial charge in [0.2, 0.25) is 0 Å². The van der Waals surface area contributed by atoms with Crippen molar-refractivity contribution in [1.29, 1.82) is 0 Å². The molecule has 0 amide bonds. The normalized spacial score (nSPS) is 13.1. The highest BCUT2D eigenvalue weighted by Gasteiger charge is 2.37. The number of hydrogen-bond donors (Lipinski definition) is 0. The Hall–Kier alpha value is -7.49. The fourth-order valence-electron chi connectivity index (χ4n) is 10.0. The Bertz CT molecular complexity index is 3470. The van der Waals surface area contributed by atoms with Gasteiger partial charge in [0.25, 0.3) is 0 Å². The third kappa shape index (κ3) is 5.04. The molecule has 3 nitrogen and oxygen atoms in total. The first-order valence-corrected chi connectivity index (χ1v) is 20.5. The van der Waals surface area contributed by atoms with Crippen LogP contribution in [0.3, 0.4) is 0 Å². The molecule has 3 heteroatoms. The molecule has 0 unspecified atom stereocenters. The molecule has 1 aliphatic rings.